The number of carbonyl (C=O) groups excluding carboxylic acids is 1. The van der Waals surface area contributed by atoms with Crippen LogP contribution in [0.4, 0.5) is 10.5 Å². The molecule has 0 aliphatic heterocycles. The van der Waals surface area contributed by atoms with E-state index in [2.05, 4.69) is 0 Å². The molecule has 6 nitrogen and oxygen atoms in total. The van der Waals surface area contributed by atoms with Gasteiger partial charge in [-0.05, 0) is 29.2 Å². The van der Waals surface area contributed by atoms with E-state index in [4.69, 9.17) is 4.74 Å². The molecule has 0 aliphatic carbocycles. The molecule has 0 saturated heterocycles. The highest BCUT2D eigenvalue weighted by Crippen LogP contribution is 2.27. The van der Waals surface area contributed by atoms with Crippen molar-refractivity contribution in [2.24, 2.45) is 5.92 Å². The molecule has 2 aromatic carbocycles. The second-order valence-electron chi connectivity index (χ2n) is 6.27. The molecule has 0 spiro atoms. The number of rotatable bonds is 6. The molecular formula is C20H23NO5. The minimum atomic E-state index is -1.45. The third kappa shape index (κ3) is 4.21. The van der Waals surface area contributed by atoms with Crippen molar-refractivity contribution in [1.82, 2.24) is 0 Å². The largest absolute Gasteiger partial charge is 0.480 e. The third-order valence-corrected chi connectivity index (χ3v) is 4.16. The number of aliphatic hydroxyl groups excluding tert-OH is 1. The predicted octanol–water partition coefficient (Wildman–Crippen LogP) is 3.40. The fraction of sp³-hybridized carbons (Fsp3) is 0.300. The van der Waals surface area contributed by atoms with Crippen LogP contribution in [0.2, 0.25) is 0 Å². The van der Waals surface area contributed by atoms with Crippen molar-refractivity contribution in [3.8, 4) is 11.1 Å². The number of carboxylic acid groups (broad SMARTS) is 1. The monoisotopic (exact) mass is 357 g/mol. The van der Waals surface area contributed by atoms with Crippen LogP contribution < -0.4 is 4.90 Å². The van der Waals surface area contributed by atoms with Gasteiger partial charge in [0.1, 0.15) is 0 Å². The van der Waals surface area contributed by atoms with Crippen molar-refractivity contribution in [1.29, 1.82) is 0 Å². The van der Waals surface area contributed by atoms with Crippen LogP contribution >= 0.6 is 0 Å². The number of carbonyl (C=O) groups is 2. The van der Waals surface area contributed by atoms with Crippen molar-refractivity contribution in [3.05, 3.63) is 54.6 Å². The van der Waals surface area contributed by atoms with Gasteiger partial charge >= 0.3 is 12.1 Å². The molecule has 0 fully saturated rings. The Balaban J connectivity index is 2.43. The minimum Gasteiger partial charge on any atom is -0.480 e. The van der Waals surface area contributed by atoms with E-state index in [0.29, 0.717) is 5.69 Å². The zero-order chi connectivity index (χ0) is 19.3. The Morgan fingerprint density at radius 1 is 0.962 bits per heavy atom. The summed E-state index contributed by atoms with van der Waals surface area (Å²) in [4.78, 5) is 25.0. The van der Waals surface area contributed by atoms with Crippen LogP contribution in [0.5, 0.6) is 0 Å². The first-order valence-corrected chi connectivity index (χ1v) is 8.30. The predicted molar refractivity (Wildman–Crippen MR) is 99.0 cm³/mol. The van der Waals surface area contributed by atoms with Gasteiger partial charge in [-0.15, -0.1) is 0 Å². The summed E-state index contributed by atoms with van der Waals surface area (Å²) in [6.45, 7) is 3.38. The lowest BCUT2D eigenvalue weighted by Gasteiger charge is -2.32. The molecule has 2 rings (SSSR count). The Kier molecular flexibility index (Phi) is 6.36. The Hall–Kier alpha value is -2.86. The normalized spacial score (nSPS) is 13.1. The lowest BCUT2D eigenvalue weighted by Crippen LogP contribution is -2.53. The molecule has 0 radical (unpaired) electrons. The van der Waals surface area contributed by atoms with Gasteiger partial charge in [-0.2, -0.15) is 0 Å². The molecule has 2 aromatic rings. The number of carboxylic acids is 1. The second kappa shape index (κ2) is 8.49. The first-order chi connectivity index (χ1) is 12.4. The van der Waals surface area contributed by atoms with Crippen molar-refractivity contribution in [3.63, 3.8) is 0 Å². The number of nitrogens with zero attached hydrogens (tertiary/aromatic N) is 1. The van der Waals surface area contributed by atoms with Crippen molar-refractivity contribution >= 4 is 17.7 Å². The van der Waals surface area contributed by atoms with Crippen LogP contribution in [0.1, 0.15) is 13.8 Å². The van der Waals surface area contributed by atoms with E-state index in [1.165, 1.54) is 7.11 Å². The maximum absolute atomic E-state index is 12.3. The number of aliphatic carboxylic acids is 1. The second-order valence-corrected chi connectivity index (χ2v) is 6.27. The van der Waals surface area contributed by atoms with E-state index in [9.17, 15) is 19.8 Å². The maximum Gasteiger partial charge on any atom is 0.414 e. The van der Waals surface area contributed by atoms with E-state index in [1.54, 1.807) is 38.1 Å². The summed E-state index contributed by atoms with van der Waals surface area (Å²) in [6.07, 6.45) is -2.09. The third-order valence-electron chi connectivity index (χ3n) is 4.16. The number of hydrogen-bond donors (Lipinski definition) is 2. The zero-order valence-electron chi connectivity index (χ0n) is 15.0. The zero-order valence-corrected chi connectivity index (χ0v) is 15.0. The first kappa shape index (κ1) is 19.5. The molecule has 26 heavy (non-hydrogen) atoms. The molecule has 0 unspecified atom stereocenters. The van der Waals surface area contributed by atoms with Gasteiger partial charge in [0.25, 0.3) is 0 Å². The average Bonchev–Trinajstić information content (AvgIpc) is 2.65. The molecule has 2 atom stereocenters. The minimum absolute atomic E-state index is 0.337. The highest BCUT2D eigenvalue weighted by Gasteiger charge is 2.38. The van der Waals surface area contributed by atoms with Gasteiger partial charge in [0.2, 0.25) is 0 Å². The van der Waals surface area contributed by atoms with E-state index in [1.807, 2.05) is 30.3 Å². The maximum atomic E-state index is 12.3. The highest BCUT2D eigenvalue weighted by atomic mass is 16.5. The summed E-state index contributed by atoms with van der Waals surface area (Å²) in [5.41, 5.74) is 2.26. The van der Waals surface area contributed by atoms with Crippen molar-refractivity contribution < 1.29 is 24.5 Å². The molecular weight excluding hydrogens is 334 g/mol. The average molecular weight is 357 g/mol. The van der Waals surface area contributed by atoms with Crippen LogP contribution in [0.3, 0.4) is 0 Å². The lowest BCUT2D eigenvalue weighted by molar-refractivity contribution is -0.142. The SMILES string of the molecule is COC(=O)N(c1ccc(-c2ccccc2)cc1)[C@@H](C(=O)O)[C@H](O)C(C)C. The Bertz CT molecular complexity index is 743. The molecule has 1 amide bonds. The van der Waals surface area contributed by atoms with Gasteiger partial charge in [0, 0.05) is 5.69 Å². The van der Waals surface area contributed by atoms with Crippen LogP contribution in [0.15, 0.2) is 54.6 Å². The molecule has 0 bridgehead atoms. The van der Waals surface area contributed by atoms with Crippen LogP contribution in [0, 0.1) is 5.92 Å². The van der Waals surface area contributed by atoms with Gasteiger partial charge < -0.3 is 14.9 Å². The molecule has 2 N–H and O–H groups in total. The smallest absolute Gasteiger partial charge is 0.414 e. The highest BCUT2D eigenvalue weighted by molar-refractivity contribution is 5.95. The summed E-state index contributed by atoms with van der Waals surface area (Å²) in [5.74, 6) is -1.66. The van der Waals surface area contributed by atoms with Crippen molar-refractivity contribution in [2.75, 3.05) is 12.0 Å². The van der Waals surface area contributed by atoms with Gasteiger partial charge in [-0.1, -0.05) is 56.3 Å². The lowest BCUT2D eigenvalue weighted by atomic mass is 9.97. The van der Waals surface area contributed by atoms with E-state index in [-0.39, 0.29) is 5.92 Å². The topological polar surface area (TPSA) is 87.1 Å². The summed E-state index contributed by atoms with van der Waals surface area (Å²) in [5, 5.41) is 19.9. The number of hydrogen-bond acceptors (Lipinski definition) is 4. The summed E-state index contributed by atoms with van der Waals surface area (Å²) < 4.78 is 4.76. The Morgan fingerprint density at radius 2 is 1.50 bits per heavy atom. The molecule has 138 valence electrons. The summed E-state index contributed by atoms with van der Waals surface area (Å²) >= 11 is 0. The molecule has 0 aliphatic rings. The molecule has 6 heteroatoms. The van der Waals surface area contributed by atoms with E-state index >= 15 is 0 Å². The van der Waals surface area contributed by atoms with Gasteiger partial charge in [0.15, 0.2) is 6.04 Å². The van der Waals surface area contributed by atoms with Gasteiger partial charge in [-0.3, -0.25) is 4.90 Å². The number of benzene rings is 2. The van der Waals surface area contributed by atoms with E-state index < -0.39 is 24.2 Å². The fourth-order valence-electron chi connectivity index (χ4n) is 2.70. The summed E-state index contributed by atoms with van der Waals surface area (Å²) in [6, 6.07) is 15.1. The Morgan fingerprint density at radius 3 is 1.96 bits per heavy atom. The van der Waals surface area contributed by atoms with Crippen molar-refractivity contribution in [2.45, 2.75) is 26.0 Å². The first-order valence-electron chi connectivity index (χ1n) is 8.30. The Labute approximate surface area is 152 Å². The van der Waals surface area contributed by atoms with Crippen LogP contribution in [-0.4, -0.2) is 41.5 Å². The number of anilines is 1. The molecule has 0 saturated carbocycles. The molecule has 0 aromatic heterocycles. The number of methoxy groups -OCH3 is 1. The number of aliphatic hydroxyl groups is 1. The van der Waals surface area contributed by atoms with Crippen LogP contribution in [0.25, 0.3) is 11.1 Å². The standard InChI is InChI=1S/C20H23NO5/c1-13(2)18(22)17(19(23)24)21(20(25)26-3)16-11-9-15(10-12-16)14-7-5-4-6-8-14/h4-13,17-18,22H,1-3H3,(H,23,24)/t17-,18-/m1/s1. The number of ether oxygens (including phenoxy) is 1. The fourth-order valence-corrected chi connectivity index (χ4v) is 2.70. The van der Waals surface area contributed by atoms with E-state index in [0.717, 1.165) is 16.0 Å². The van der Waals surface area contributed by atoms with Crippen LogP contribution in [-0.2, 0) is 9.53 Å². The quantitative estimate of drug-likeness (QED) is 0.827. The number of amides is 1. The van der Waals surface area contributed by atoms with Gasteiger partial charge in [-0.25, -0.2) is 9.59 Å². The van der Waals surface area contributed by atoms with Gasteiger partial charge in [0.05, 0.1) is 13.2 Å². The summed E-state index contributed by atoms with van der Waals surface area (Å²) in [7, 11) is 1.17. The molecule has 0 heterocycles.